The van der Waals surface area contributed by atoms with E-state index in [4.69, 9.17) is 25.8 Å². The fraction of sp³-hybridized carbons (Fsp3) is 0.179. The molecule has 9 heteroatoms. The first kappa shape index (κ1) is 25.8. The van der Waals surface area contributed by atoms with Crippen LogP contribution in [0.15, 0.2) is 71.5 Å². The van der Waals surface area contributed by atoms with Crippen LogP contribution < -0.4 is 20.3 Å². The average molecular weight is 521 g/mol. The second kappa shape index (κ2) is 10.8. The van der Waals surface area contributed by atoms with Crippen molar-refractivity contribution in [3.63, 3.8) is 0 Å². The molecule has 0 saturated heterocycles. The van der Waals surface area contributed by atoms with Gasteiger partial charge in [-0.15, -0.1) is 0 Å². The van der Waals surface area contributed by atoms with Crippen molar-refractivity contribution in [2.45, 2.75) is 13.0 Å². The van der Waals surface area contributed by atoms with Crippen molar-refractivity contribution in [2.75, 3.05) is 19.5 Å². The second-order valence-corrected chi connectivity index (χ2v) is 8.63. The molecule has 8 nitrogen and oxygen atoms in total. The van der Waals surface area contributed by atoms with Crippen molar-refractivity contribution in [1.29, 1.82) is 0 Å². The number of hydrogen-bond acceptors (Lipinski definition) is 6. The van der Waals surface area contributed by atoms with E-state index in [-0.39, 0.29) is 22.0 Å². The van der Waals surface area contributed by atoms with Gasteiger partial charge in [0.1, 0.15) is 17.2 Å². The number of aromatic nitrogens is 1. The number of rotatable bonds is 7. The maximum Gasteiger partial charge on any atom is 0.356 e. The number of ether oxygens (including phenoxy) is 3. The van der Waals surface area contributed by atoms with E-state index in [1.54, 1.807) is 24.3 Å². The minimum Gasteiger partial charge on any atom is -0.495 e. The predicted molar refractivity (Wildman–Crippen MR) is 143 cm³/mol. The lowest BCUT2D eigenvalue weighted by molar-refractivity contribution is -0.123. The van der Waals surface area contributed by atoms with Crippen molar-refractivity contribution in [2.24, 2.45) is 7.05 Å². The monoisotopic (exact) mass is 520 g/mol. The summed E-state index contributed by atoms with van der Waals surface area (Å²) in [5, 5.41) is 4.01. The van der Waals surface area contributed by atoms with Gasteiger partial charge in [-0.1, -0.05) is 60.1 Å². The Morgan fingerprint density at radius 2 is 1.54 bits per heavy atom. The second-order valence-electron chi connectivity index (χ2n) is 8.22. The Bertz CT molecular complexity index is 1550. The van der Waals surface area contributed by atoms with Gasteiger partial charge in [0.2, 0.25) is 0 Å². The molecule has 0 bridgehead atoms. The lowest BCUT2D eigenvalue weighted by Crippen LogP contribution is -2.33. The van der Waals surface area contributed by atoms with Gasteiger partial charge in [-0.25, -0.2) is 4.79 Å². The number of benzene rings is 3. The minimum atomic E-state index is -1.21. The molecule has 37 heavy (non-hydrogen) atoms. The first-order valence-electron chi connectivity index (χ1n) is 11.4. The Morgan fingerprint density at radius 3 is 2.19 bits per heavy atom. The molecule has 3 aromatic carbocycles. The molecule has 0 fully saturated rings. The number of hydrogen-bond donors (Lipinski definition) is 1. The highest BCUT2D eigenvalue weighted by atomic mass is 35.5. The number of esters is 1. The van der Waals surface area contributed by atoms with Crippen LogP contribution in [-0.4, -0.2) is 36.8 Å². The lowest BCUT2D eigenvalue weighted by atomic mass is 9.97. The summed E-state index contributed by atoms with van der Waals surface area (Å²) >= 11 is 6.19. The van der Waals surface area contributed by atoms with Crippen LogP contribution in [0.2, 0.25) is 5.02 Å². The van der Waals surface area contributed by atoms with Gasteiger partial charge in [-0.2, -0.15) is 0 Å². The number of anilines is 1. The number of methoxy groups -OCH3 is 2. The van der Waals surface area contributed by atoms with Crippen molar-refractivity contribution < 1.29 is 23.8 Å². The third-order valence-corrected chi connectivity index (χ3v) is 6.24. The molecule has 1 amide bonds. The summed E-state index contributed by atoms with van der Waals surface area (Å²) in [5.41, 5.74) is 1.25. The largest absolute Gasteiger partial charge is 0.495 e. The lowest BCUT2D eigenvalue weighted by Gasteiger charge is -2.19. The first-order chi connectivity index (χ1) is 17.8. The van der Waals surface area contributed by atoms with Crippen molar-refractivity contribution in [3.8, 4) is 22.6 Å². The van der Waals surface area contributed by atoms with E-state index in [0.717, 1.165) is 5.56 Å². The maximum atomic E-state index is 13.5. The van der Waals surface area contributed by atoms with Crippen molar-refractivity contribution in [1.82, 2.24) is 4.57 Å². The number of carbonyl (C=O) groups excluding carboxylic acids is 2. The SMILES string of the molecule is COc1cc(OC)c(NC(=O)C(C)OC(=O)c2c(-c3ccccc3)c3ccccc3c(=O)n2C)cc1Cl. The Morgan fingerprint density at radius 1 is 0.919 bits per heavy atom. The molecule has 190 valence electrons. The summed E-state index contributed by atoms with van der Waals surface area (Å²) in [6.45, 7) is 1.44. The number of fused-ring (bicyclic) bond motifs is 1. The molecule has 4 rings (SSSR count). The van der Waals surface area contributed by atoms with Crippen LogP contribution in [0.5, 0.6) is 11.5 Å². The van der Waals surface area contributed by atoms with Gasteiger partial charge in [0.25, 0.3) is 11.5 Å². The Kier molecular flexibility index (Phi) is 7.50. The molecule has 4 aromatic rings. The van der Waals surface area contributed by atoms with Gasteiger partial charge in [-0.3, -0.25) is 9.59 Å². The van der Waals surface area contributed by atoms with Crippen LogP contribution in [0.25, 0.3) is 21.9 Å². The minimum absolute atomic E-state index is 0.0413. The fourth-order valence-corrected chi connectivity index (χ4v) is 4.30. The molecule has 1 aromatic heterocycles. The summed E-state index contributed by atoms with van der Waals surface area (Å²) in [5.74, 6) is -0.732. The highest BCUT2D eigenvalue weighted by molar-refractivity contribution is 6.32. The Hall–Kier alpha value is -4.30. The number of carbonyl (C=O) groups is 2. The Balaban J connectivity index is 1.69. The van der Waals surface area contributed by atoms with Crippen LogP contribution >= 0.6 is 11.6 Å². The van der Waals surface area contributed by atoms with Gasteiger partial charge in [0, 0.05) is 24.1 Å². The summed E-state index contributed by atoms with van der Waals surface area (Å²) in [6, 6.07) is 19.3. The number of amides is 1. The van der Waals surface area contributed by atoms with Crippen molar-refractivity contribution >= 4 is 39.9 Å². The predicted octanol–water partition coefficient (Wildman–Crippen LogP) is 5.06. The van der Waals surface area contributed by atoms with E-state index in [1.165, 1.54) is 44.9 Å². The zero-order valence-electron chi connectivity index (χ0n) is 20.7. The summed E-state index contributed by atoms with van der Waals surface area (Å²) < 4.78 is 17.3. The van der Waals surface area contributed by atoms with Crippen LogP contribution in [0.3, 0.4) is 0 Å². The van der Waals surface area contributed by atoms with E-state index in [2.05, 4.69) is 5.32 Å². The molecule has 1 atom stereocenters. The van der Waals surface area contributed by atoms with Gasteiger partial charge in [-0.05, 0) is 30.0 Å². The van der Waals surface area contributed by atoms with Crippen LogP contribution in [0.4, 0.5) is 5.69 Å². The van der Waals surface area contributed by atoms with E-state index in [0.29, 0.717) is 27.8 Å². The summed E-state index contributed by atoms with van der Waals surface area (Å²) in [6.07, 6.45) is -1.21. The number of pyridine rings is 1. The van der Waals surface area contributed by atoms with E-state index < -0.39 is 18.0 Å². The molecule has 0 aliphatic heterocycles. The number of nitrogens with one attached hydrogen (secondary N) is 1. The van der Waals surface area contributed by atoms with E-state index in [9.17, 15) is 14.4 Å². The average Bonchev–Trinajstić information content (AvgIpc) is 2.91. The zero-order valence-corrected chi connectivity index (χ0v) is 21.5. The third kappa shape index (κ3) is 5.01. The molecular weight excluding hydrogens is 496 g/mol. The molecule has 0 radical (unpaired) electrons. The van der Waals surface area contributed by atoms with Crippen molar-refractivity contribution in [3.05, 3.63) is 87.8 Å². The molecule has 1 unspecified atom stereocenters. The molecule has 0 spiro atoms. The number of halogens is 1. The molecule has 0 aliphatic carbocycles. The fourth-order valence-electron chi connectivity index (χ4n) is 4.06. The smallest absolute Gasteiger partial charge is 0.356 e. The Labute approximate surface area is 218 Å². The highest BCUT2D eigenvalue weighted by Crippen LogP contribution is 2.36. The topological polar surface area (TPSA) is 95.9 Å². The normalized spacial score (nSPS) is 11.6. The molecular formula is C28H25ClN2O6. The van der Waals surface area contributed by atoms with Crippen LogP contribution in [0.1, 0.15) is 17.4 Å². The maximum absolute atomic E-state index is 13.5. The van der Waals surface area contributed by atoms with Gasteiger partial charge >= 0.3 is 5.97 Å². The quantitative estimate of drug-likeness (QED) is 0.342. The number of nitrogens with zero attached hydrogens (tertiary/aromatic N) is 1. The van der Waals surface area contributed by atoms with Gasteiger partial charge in [0.05, 0.1) is 24.9 Å². The standard InChI is InChI=1S/C28H25ClN2O6/c1-16(26(32)30-21-14-20(29)22(35-3)15-23(21)36-4)37-28(34)25-24(17-10-6-5-7-11-17)18-12-8-9-13-19(18)27(33)31(25)2/h5-16H,1-4H3,(H,30,32). The molecule has 0 saturated carbocycles. The van der Waals surface area contributed by atoms with E-state index in [1.807, 2.05) is 30.3 Å². The van der Waals surface area contributed by atoms with Crippen LogP contribution in [0, 0.1) is 0 Å². The van der Waals surface area contributed by atoms with E-state index >= 15 is 0 Å². The molecule has 1 heterocycles. The summed E-state index contributed by atoms with van der Waals surface area (Å²) in [4.78, 5) is 39.5. The molecule has 0 aliphatic rings. The first-order valence-corrected chi connectivity index (χ1v) is 11.7. The molecule has 1 N–H and O–H groups in total. The summed E-state index contributed by atoms with van der Waals surface area (Å²) in [7, 11) is 4.41. The highest BCUT2D eigenvalue weighted by Gasteiger charge is 2.27. The third-order valence-electron chi connectivity index (χ3n) is 5.94. The van der Waals surface area contributed by atoms with Crippen LogP contribution in [-0.2, 0) is 16.6 Å². The van der Waals surface area contributed by atoms with Gasteiger partial charge < -0.3 is 24.1 Å². The van der Waals surface area contributed by atoms with Gasteiger partial charge in [0.15, 0.2) is 6.10 Å². The zero-order chi connectivity index (χ0) is 26.7.